The van der Waals surface area contributed by atoms with Gasteiger partial charge in [-0.1, -0.05) is 0 Å². The van der Waals surface area contributed by atoms with Gasteiger partial charge >= 0.3 is 0 Å². The predicted molar refractivity (Wildman–Crippen MR) is 82.3 cm³/mol. The van der Waals surface area contributed by atoms with Crippen LogP contribution < -0.4 is 5.73 Å². The fourth-order valence-corrected chi connectivity index (χ4v) is 3.61. The highest BCUT2D eigenvalue weighted by atomic mass is 32.1. The van der Waals surface area contributed by atoms with Crippen molar-refractivity contribution in [2.24, 2.45) is 5.92 Å². The van der Waals surface area contributed by atoms with Gasteiger partial charge in [-0.25, -0.2) is 9.97 Å². The van der Waals surface area contributed by atoms with E-state index in [1.165, 1.54) is 11.3 Å². The van der Waals surface area contributed by atoms with Crippen LogP contribution in [0.15, 0.2) is 12.4 Å². The van der Waals surface area contributed by atoms with Crippen LogP contribution in [0.1, 0.15) is 22.5 Å². The molecule has 0 bridgehead atoms. The lowest BCUT2D eigenvalue weighted by Crippen LogP contribution is -2.35. The molecule has 1 aliphatic rings. The van der Waals surface area contributed by atoms with Gasteiger partial charge in [-0.05, 0) is 18.8 Å². The van der Waals surface area contributed by atoms with Gasteiger partial charge in [0.15, 0.2) is 0 Å². The third kappa shape index (κ3) is 2.84. The smallest absolute Gasteiger partial charge is 0.265 e. The molecule has 112 valence electrons. The molecule has 1 amide bonds. The van der Waals surface area contributed by atoms with Crippen LogP contribution in [-0.4, -0.2) is 47.6 Å². The maximum atomic E-state index is 12.6. The second kappa shape index (κ2) is 5.95. The highest BCUT2D eigenvalue weighted by molar-refractivity contribution is 7.21. The molecule has 1 atom stereocenters. The Morgan fingerprint density at radius 1 is 1.52 bits per heavy atom. The Morgan fingerprint density at radius 3 is 3.05 bits per heavy atom. The van der Waals surface area contributed by atoms with Crippen molar-refractivity contribution in [3.63, 3.8) is 0 Å². The van der Waals surface area contributed by atoms with Crippen LogP contribution in [0.4, 0.5) is 5.69 Å². The van der Waals surface area contributed by atoms with Crippen LogP contribution in [0.25, 0.3) is 10.3 Å². The van der Waals surface area contributed by atoms with Gasteiger partial charge in [-0.2, -0.15) is 0 Å². The maximum Gasteiger partial charge on any atom is 0.265 e. The lowest BCUT2D eigenvalue weighted by Gasteiger charge is -2.27. The molecule has 2 aromatic heterocycles. The number of ether oxygens (including phenoxy) is 1. The highest BCUT2D eigenvalue weighted by Gasteiger charge is 2.24. The van der Waals surface area contributed by atoms with Crippen molar-refractivity contribution < 1.29 is 9.53 Å². The molecule has 0 aliphatic carbocycles. The van der Waals surface area contributed by atoms with E-state index in [1.807, 2.05) is 7.05 Å². The van der Waals surface area contributed by atoms with Crippen LogP contribution in [0, 0.1) is 5.92 Å². The topological polar surface area (TPSA) is 81.3 Å². The number of nitrogens with two attached hydrogens (primary N) is 1. The Balaban J connectivity index is 1.77. The molecule has 3 heterocycles. The molecule has 1 saturated heterocycles. The molecule has 21 heavy (non-hydrogen) atoms. The van der Waals surface area contributed by atoms with E-state index in [1.54, 1.807) is 17.3 Å². The second-order valence-electron chi connectivity index (χ2n) is 5.32. The molecule has 6 nitrogen and oxygen atoms in total. The molecule has 1 unspecified atom stereocenters. The molecule has 0 spiro atoms. The average molecular weight is 306 g/mol. The van der Waals surface area contributed by atoms with Crippen LogP contribution in [0.2, 0.25) is 0 Å². The summed E-state index contributed by atoms with van der Waals surface area (Å²) in [5.41, 5.74) is 7.09. The van der Waals surface area contributed by atoms with Crippen LogP contribution >= 0.6 is 11.3 Å². The van der Waals surface area contributed by atoms with Crippen molar-refractivity contribution in [3.05, 3.63) is 17.3 Å². The first-order valence-electron chi connectivity index (χ1n) is 6.99. The summed E-state index contributed by atoms with van der Waals surface area (Å²) in [6.45, 7) is 2.24. The standard InChI is InChI=1S/C14H18N4O2S/c1-18(7-9-3-2-6-20-8-9)14(19)12-10(15)11-13(21-12)17-5-4-16-11/h4-5,9H,2-3,6-8,15H2,1H3. The fourth-order valence-electron chi connectivity index (χ4n) is 2.60. The number of rotatable bonds is 3. The van der Waals surface area contributed by atoms with Crippen molar-refractivity contribution in [2.45, 2.75) is 12.8 Å². The van der Waals surface area contributed by atoms with E-state index in [9.17, 15) is 4.79 Å². The summed E-state index contributed by atoms with van der Waals surface area (Å²) >= 11 is 1.30. The van der Waals surface area contributed by atoms with E-state index < -0.39 is 0 Å². The summed E-state index contributed by atoms with van der Waals surface area (Å²) in [5, 5.41) is 0. The number of carbonyl (C=O) groups excluding carboxylic acids is 1. The lowest BCUT2D eigenvalue weighted by atomic mass is 10.0. The molecule has 2 N–H and O–H groups in total. The first kappa shape index (κ1) is 14.2. The molecule has 0 radical (unpaired) electrons. The number of fused-ring (bicyclic) bond motifs is 1. The van der Waals surface area contributed by atoms with Crippen molar-refractivity contribution in [1.29, 1.82) is 0 Å². The lowest BCUT2D eigenvalue weighted by molar-refractivity contribution is 0.0390. The van der Waals surface area contributed by atoms with Gasteiger partial charge in [-0.3, -0.25) is 4.79 Å². The third-order valence-electron chi connectivity index (χ3n) is 3.69. The monoisotopic (exact) mass is 306 g/mol. The first-order chi connectivity index (χ1) is 10.2. The molecule has 0 aromatic carbocycles. The number of anilines is 1. The Morgan fingerprint density at radius 2 is 2.33 bits per heavy atom. The van der Waals surface area contributed by atoms with Gasteiger partial charge in [0.05, 0.1) is 12.3 Å². The van der Waals surface area contributed by atoms with E-state index in [-0.39, 0.29) is 5.91 Å². The normalized spacial score (nSPS) is 18.8. The number of aromatic nitrogens is 2. The zero-order valence-electron chi connectivity index (χ0n) is 11.9. The number of hydrogen-bond donors (Lipinski definition) is 1. The Kier molecular flexibility index (Phi) is 4.03. The van der Waals surface area contributed by atoms with Gasteiger partial charge < -0.3 is 15.4 Å². The number of nitrogens with zero attached hydrogens (tertiary/aromatic N) is 3. The van der Waals surface area contributed by atoms with E-state index in [0.29, 0.717) is 33.4 Å². The van der Waals surface area contributed by atoms with E-state index in [0.717, 1.165) is 26.1 Å². The number of nitrogen functional groups attached to an aromatic ring is 1. The fraction of sp³-hybridized carbons (Fsp3) is 0.500. The Labute approximate surface area is 126 Å². The largest absolute Gasteiger partial charge is 0.396 e. The Hall–Kier alpha value is -1.73. The zero-order chi connectivity index (χ0) is 14.8. The summed E-state index contributed by atoms with van der Waals surface area (Å²) in [6, 6.07) is 0. The van der Waals surface area contributed by atoms with Gasteiger partial charge in [-0.15, -0.1) is 11.3 Å². The van der Waals surface area contributed by atoms with Crippen LogP contribution in [0.3, 0.4) is 0 Å². The third-order valence-corrected chi connectivity index (χ3v) is 4.78. The summed E-state index contributed by atoms with van der Waals surface area (Å²) in [7, 11) is 1.81. The predicted octanol–water partition coefficient (Wildman–Crippen LogP) is 1.77. The van der Waals surface area contributed by atoms with Crippen molar-refractivity contribution in [1.82, 2.24) is 14.9 Å². The minimum Gasteiger partial charge on any atom is -0.396 e. The number of thiophene rings is 1. The van der Waals surface area contributed by atoms with Crippen molar-refractivity contribution >= 4 is 33.3 Å². The van der Waals surface area contributed by atoms with Gasteiger partial charge in [0.2, 0.25) is 0 Å². The van der Waals surface area contributed by atoms with Crippen LogP contribution in [0.5, 0.6) is 0 Å². The SMILES string of the molecule is CN(CC1CCCOC1)C(=O)c1sc2nccnc2c1N. The van der Waals surface area contributed by atoms with Gasteiger partial charge in [0.25, 0.3) is 5.91 Å². The number of carbonyl (C=O) groups is 1. The number of amides is 1. The quantitative estimate of drug-likeness (QED) is 0.934. The molecule has 7 heteroatoms. The minimum atomic E-state index is -0.0668. The number of hydrogen-bond acceptors (Lipinski definition) is 6. The molecule has 0 saturated carbocycles. The van der Waals surface area contributed by atoms with E-state index in [4.69, 9.17) is 10.5 Å². The molecular weight excluding hydrogens is 288 g/mol. The summed E-state index contributed by atoms with van der Waals surface area (Å²) in [6.07, 6.45) is 5.35. The first-order valence-corrected chi connectivity index (χ1v) is 7.80. The highest BCUT2D eigenvalue weighted by Crippen LogP contribution is 2.31. The Bertz CT molecular complexity index is 651. The van der Waals surface area contributed by atoms with Gasteiger partial charge in [0.1, 0.15) is 15.2 Å². The minimum absolute atomic E-state index is 0.0668. The van der Waals surface area contributed by atoms with Gasteiger partial charge in [0, 0.05) is 32.6 Å². The maximum absolute atomic E-state index is 12.6. The van der Waals surface area contributed by atoms with Crippen LogP contribution in [-0.2, 0) is 4.74 Å². The second-order valence-corrected chi connectivity index (χ2v) is 6.32. The molecular formula is C14H18N4O2S. The molecule has 2 aromatic rings. The zero-order valence-corrected chi connectivity index (χ0v) is 12.7. The summed E-state index contributed by atoms with van der Waals surface area (Å²) in [5.74, 6) is 0.336. The molecule has 1 fully saturated rings. The molecule has 3 rings (SSSR count). The molecule has 1 aliphatic heterocycles. The van der Waals surface area contributed by atoms with Crippen molar-refractivity contribution in [2.75, 3.05) is 32.5 Å². The summed E-state index contributed by atoms with van der Waals surface area (Å²) < 4.78 is 5.46. The van der Waals surface area contributed by atoms with E-state index >= 15 is 0 Å². The average Bonchev–Trinajstić information content (AvgIpc) is 2.85. The van der Waals surface area contributed by atoms with Crippen molar-refractivity contribution in [3.8, 4) is 0 Å². The summed E-state index contributed by atoms with van der Waals surface area (Å²) in [4.78, 5) is 23.9. The van der Waals surface area contributed by atoms with E-state index in [2.05, 4.69) is 9.97 Å².